The minimum Gasteiger partial charge on any atom is -0.387 e. The van der Waals surface area contributed by atoms with Crippen LogP contribution in [0.25, 0.3) is 0 Å². The third kappa shape index (κ3) is 43.7. The second kappa shape index (κ2) is 53.6. The van der Waals surface area contributed by atoms with E-state index >= 15 is 0 Å². The molecule has 3 rings (SSSR count). The van der Waals surface area contributed by atoms with Crippen molar-refractivity contribution in [3.8, 4) is 0 Å². The predicted molar refractivity (Wildman–Crippen MR) is 438 cm³/mol. The van der Waals surface area contributed by atoms with Crippen LogP contribution in [0.5, 0.6) is 0 Å². The number of ether oxygens (including phenoxy) is 5. The van der Waals surface area contributed by atoms with Gasteiger partial charge in [0.15, 0.2) is 5.79 Å². The zero-order valence-electron chi connectivity index (χ0n) is 71.8. The number of rotatable bonds is 67. The van der Waals surface area contributed by atoms with Gasteiger partial charge in [-0.3, -0.25) is 0 Å². The fourth-order valence-corrected chi connectivity index (χ4v) is 18.3. The number of hydrogen-bond donors (Lipinski definition) is 1. The number of epoxide rings is 1. The molecule has 3 saturated heterocycles. The van der Waals surface area contributed by atoms with Crippen LogP contribution in [0.4, 0.5) is 0 Å². The molecule has 3 fully saturated rings. The Morgan fingerprint density at radius 1 is 0.350 bits per heavy atom. The summed E-state index contributed by atoms with van der Waals surface area (Å²) in [5, 5.41) is 12.6. The molecule has 596 valence electrons. The van der Waals surface area contributed by atoms with Crippen LogP contribution < -0.4 is 0 Å². The highest BCUT2D eigenvalue weighted by Gasteiger charge is 2.53. The molecule has 0 bridgehead atoms. The van der Waals surface area contributed by atoms with E-state index in [4.69, 9.17) is 23.7 Å². The van der Waals surface area contributed by atoms with Crippen LogP contribution in [0.1, 0.15) is 472 Å². The minimum atomic E-state index is -0.875. The first-order valence-electron chi connectivity index (χ1n) is 45.6. The highest BCUT2D eigenvalue weighted by molar-refractivity contribution is 5.01. The van der Waals surface area contributed by atoms with Gasteiger partial charge in [-0.2, -0.15) is 0 Å². The van der Waals surface area contributed by atoms with Gasteiger partial charge in [-0.1, -0.05) is 368 Å². The summed E-state index contributed by atoms with van der Waals surface area (Å²) in [7, 11) is 0. The molecule has 0 aromatic carbocycles. The highest BCUT2D eigenvalue weighted by Crippen LogP contribution is 2.48. The molecule has 6 nitrogen and oxygen atoms in total. The first-order valence-corrected chi connectivity index (χ1v) is 45.6. The highest BCUT2D eigenvalue weighted by atomic mass is 16.7. The molecule has 0 aromatic rings. The molecular weight excluding hydrogens is 1230 g/mol. The van der Waals surface area contributed by atoms with Gasteiger partial charge in [0.1, 0.15) is 0 Å². The van der Waals surface area contributed by atoms with E-state index in [1.807, 2.05) is 0 Å². The van der Waals surface area contributed by atoms with E-state index in [9.17, 15) is 5.11 Å². The molecule has 17 unspecified atom stereocenters. The SMILES string of the molecule is CCCCCCCCC1OC1CCCCCOC1(CCCC(C)CCCC(C)CCCC(C)C)CCCC(C(C)(CCCC(C)CCCC(C)CCCC(C)C)OC(C)(CCCC(C)CCCC(C)CCCC(C)C)C2CCC(C(C)(O)CCCC(C)CCCC(C)CCCC(C)C)O2)O1. The van der Waals surface area contributed by atoms with Gasteiger partial charge in [0.25, 0.3) is 0 Å². The van der Waals surface area contributed by atoms with E-state index < -0.39 is 22.6 Å². The van der Waals surface area contributed by atoms with Crippen molar-refractivity contribution in [2.24, 2.45) is 71.0 Å². The topological polar surface area (TPSA) is 69.7 Å². The van der Waals surface area contributed by atoms with Crippen molar-refractivity contribution in [2.45, 2.75) is 525 Å². The molecule has 3 heterocycles. The normalized spacial score (nSPS) is 24.1. The summed E-state index contributed by atoms with van der Waals surface area (Å²) in [6.07, 6.45) is 65.0. The molecule has 3 aliphatic heterocycles. The molecule has 0 radical (unpaired) electrons. The van der Waals surface area contributed by atoms with Gasteiger partial charge in [-0.05, 0) is 162 Å². The summed E-state index contributed by atoms with van der Waals surface area (Å²) in [6, 6.07) is 0. The van der Waals surface area contributed by atoms with Crippen LogP contribution in [0, 0.1) is 71.0 Å². The maximum atomic E-state index is 12.6. The van der Waals surface area contributed by atoms with E-state index in [-0.39, 0.29) is 18.3 Å². The standard InChI is InChI=1S/C94H184O6/c1-21-22-23-24-25-27-63-86-87(97-86)64-28-26-29-73-96-94(71-41-62-85(17)58-37-54-81(13)50-33-46-77(8)9)72-42-65-90(99-94)93(20,70-40-61-84(16)57-36-53-80(12)49-32-45-76(6)7)100-92(19,69-39-60-83(15)56-35-52-79(11)48-31-44-75(4)5)89-67-66-88(98-89)91(18,95)68-38-59-82(14)55-34-51-78(10)47-30-43-74(2)3/h74-90,95H,21-73H2,1-20H3. The first-order chi connectivity index (χ1) is 47.6. The van der Waals surface area contributed by atoms with Gasteiger partial charge in [-0.15, -0.1) is 0 Å². The lowest BCUT2D eigenvalue weighted by atomic mass is 9.81. The Morgan fingerprint density at radius 3 is 1.08 bits per heavy atom. The van der Waals surface area contributed by atoms with Gasteiger partial charge >= 0.3 is 0 Å². The zero-order valence-corrected chi connectivity index (χ0v) is 71.8. The summed E-state index contributed by atoms with van der Waals surface area (Å²) in [4.78, 5) is 0. The van der Waals surface area contributed by atoms with Gasteiger partial charge in [-0.25, -0.2) is 0 Å². The maximum Gasteiger partial charge on any atom is 0.168 e. The Labute approximate surface area is 628 Å². The largest absolute Gasteiger partial charge is 0.387 e. The lowest BCUT2D eigenvalue weighted by molar-refractivity contribution is -0.329. The van der Waals surface area contributed by atoms with Crippen LogP contribution >= 0.6 is 0 Å². The van der Waals surface area contributed by atoms with Crippen molar-refractivity contribution in [3.63, 3.8) is 0 Å². The molecular formula is C94H184O6. The lowest BCUT2D eigenvalue weighted by Crippen LogP contribution is -2.58. The molecule has 0 spiro atoms. The Balaban J connectivity index is 1.92. The van der Waals surface area contributed by atoms with Crippen molar-refractivity contribution < 1.29 is 28.8 Å². The summed E-state index contributed by atoms with van der Waals surface area (Å²) >= 11 is 0. The summed E-state index contributed by atoms with van der Waals surface area (Å²) in [6.45, 7) is 49.1. The van der Waals surface area contributed by atoms with Crippen molar-refractivity contribution in [1.82, 2.24) is 0 Å². The van der Waals surface area contributed by atoms with Gasteiger partial charge < -0.3 is 28.8 Å². The summed E-state index contributed by atoms with van der Waals surface area (Å²) in [5.74, 6) is 8.66. The quantitative estimate of drug-likeness (QED) is 0.0483. The molecule has 1 N–H and O–H groups in total. The van der Waals surface area contributed by atoms with Crippen LogP contribution in [0.2, 0.25) is 0 Å². The third-order valence-electron chi connectivity index (χ3n) is 25.8. The van der Waals surface area contributed by atoms with E-state index in [2.05, 4.69) is 138 Å². The van der Waals surface area contributed by atoms with Crippen LogP contribution in [-0.4, -0.2) is 64.8 Å². The Morgan fingerprint density at radius 2 is 0.680 bits per heavy atom. The molecule has 100 heavy (non-hydrogen) atoms. The van der Waals surface area contributed by atoms with E-state index in [1.54, 1.807) is 0 Å². The molecule has 3 aliphatic rings. The molecule has 0 amide bonds. The average Bonchev–Trinajstić information content (AvgIpc) is 1.11. The number of hydrogen-bond acceptors (Lipinski definition) is 6. The number of unbranched alkanes of at least 4 members (excludes halogenated alkanes) is 7. The number of aliphatic hydroxyl groups is 1. The fourth-order valence-electron chi connectivity index (χ4n) is 18.3. The van der Waals surface area contributed by atoms with E-state index in [0.29, 0.717) is 35.9 Å². The van der Waals surface area contributed by atoms with E-state index in [0.717, 1.165) is 144 Å². The van der Waals surface area contributed by atoms with Crippen LogP contribution in [-0.2, 0) is 23.7 Å². The molecule has 0 aliphatic carbocycles. The zero-order chi connectivity index (χ0) is 73.8. The molecule has 6 heteroatoms. The van der Waals surface area contributed by atoms with Crippen LogP contribution in [0.3, 0.4) is 0 Å². The predicted octanol–water partition coefficient (Wildman–Crippen LogP) is 29.9. The summed E-state index contributed by atoms with van der Waals surface area (Å²) < 4.78 is 37.3. The fraction of sp³-hybridized carbons (Fsp3) is 1.00. The summed E-state index contributed by atoms with van der Waals surface area (Å²) in [5.41, 5.74) is -1.94. The third-order valence-corrected chi connectivity index (χ3v) is 25.8. The maximum absolute atomic E-state index is 12.6. The second-order valence-electron chi connectivity index (χ2n) is 39.1. The Bertz CT molecular complexity index is 1900. The minimum absolute atomic E-state index is 0.0791. The van der Waals surface area contributed by atoms with Crippen molar-refractivity contribution >= 4 is 0 Å². The Kier molecular flexibility index (Phi) is 50.3. The monoisotopic (exact) mass is 1410 g/mol. The van der Waals surface area contributed by atoms with Gasteiger partial charge in [0.2, 0.25) is 0 Å². The van der Waals surface area contributed by atoms with E-state index in [1.165, 1.54) is 244 Å². The van der Waals surface area contributed by atoms with Gasteiger partial charge in [0.05, 0.1) is 53.9 Å². The first kappa shape index (κ1) is 94.0. The Hall–Kier alpha value is -0.240. The van der Waals surface area contributed by atoms with Gasteiger partial charge in [0, 0.05) is 12.8 Å². The lowest BCUT2D eigenvalue weighted by Gasteiger charge is -2.51. The average molecular weight is 1410 g/mol. The molecule has 0 aromatic heterocycles. The molecule has 0 saturated carbocycles. The van der Waals surface area contributed by atoms with Crippen LogP contribution in [0.15, 0.2) is 0 Å². The smallest absolute Gasteiger partial charge is 0.168 e. The second-order valence-corrected chi connectivity index (χ2v) is 39.1. The van der Waals surface area contributed by atoms with Crippen molar-refractivity contribution in [1.29, 1.82) is 0 Å². The van der Waals surface area contributed by atoms with Crippen molar-refractivity contribution in [2.75, 3.05) is 6.61 Å². The van der Waals surface area contributed by atoms with Crippen molar-refractivity contribution in [3.05, 3.63) is 0 Å². The molecule has 17 atom stereocenters.